The highest BCUT2D eigenvalue weighted by atomic mass is 19.4. The Bertz CT molecular complexity index is 575. The first kappa shape index (κ1) is 14.5. The molecular formula is C13H15F3N4. The third-order valence-electron chi connectivity index (χ3n) is 2.64. The summed E-state index contributed by atoms with van der Waals surface area (Å²) in [6.07, 6.45) is -1.63. The second-order valence-corrected chi connectivity index (χ2v) is 4.70. The zero-order valence-electron chi connectivity index (χ0n) is 11.1. The van der Waals surface area contributed by atoms with Crippen molar-refractivity contribution in [1.29, 1.82) is 0 Å². The molecule has 0 aliphatic carbocycles. The fourth-order valence-electron chi connectivity index (χ4n) is 1.62. The fourth-order valence-corrected chi connectivity index (χ4v) is 1.62. The summed E-state index contributed by atoms with van der Waals surface area (Å²) >= 11 is 0. The highest BCUT2D eigenvalue weighted by molar-refractivity contribution is 5.27. The van der Waals surface area contributed by atoms with Crippen molar-refractivity contribution in [3.8, 4) is 5.82 Å². The zero-order chi connectivity index (χ0) is 14.8. The van der Waals surface area contributed by atoms with Crippen LogP contribution in [-0.2, 0) is 12.7 Å². The molecule has 20 heavy (non-hydrogen) atoms. The van der Waals surface area contributed by atoms with E-state index in [1.165, 1.54) is 6.20 Å². The van der Waals surface area contributed by atoms with Gasteiger partial charge in [0.25, 0.3) is 0 Å². The van der Waals surface area contributed by atoms with E-state index < -0.39 is 11.9 Å². The molecule has 0 saturated heterocycles. The molecule has 0 amide bonds. The van der Waals surface area contributed by atoms with Crippen LogP contribution in [0.25, 0.3) is 5.82 Å². The van der Waals surface area contributed by atoms with Crippen molar-refractivity contribution >= 4 is 0 Å². The molecule has 0 bridgehead atoms. The summed E-state index contributed by atoms with van der Waals surface area (Å²) in [5.41, 5.74) is 0.0118. The van der Waals surface area contributed by atoms with Crippen LogP contribution in [0.5, 0.6) is 0 Å². The Morgan fingerprint density at radius 2 is 2.05 bits per heavy atom. The summed E-state index contributed by atoms with van der Waals surface area (Å²) in [6.45, 7) is 4.66. The van der Waals surface area contributed by atoms with E-state index in [9.17, 15) is 13.2 Å². The molecule has 2 aromatic heterocycles. The summed E-state index contributed by atoms with van der Waals surface area (Å²) in [4.78, 5) is 4.04. The fraction of sp³-hybridized carbons (Fsp3) is 0.385. The predicted molar refractivity (Wildman–Crippen MR) is 68.3 cm³/mol. The molecule has 0 atom stereocenters. The second-order valence-electron chi connectivity index (χ2n) is 4.70. The Hall–Kier alpha value is -1.89. The standard InChI is InChI=1S/C13H15F3N4/c1-9(2)18-8-10-3-5-17-12(7-10)20-6-4-11(19-20)13(14,15)16/h3-7,9,18H,8H2,1-2H3. The molecular weight excluding hydrogens is 269 g/mol. The van der Waals surface area contributed by atoms with Crippen LogP contribution in [0.2, 0.25) is 0 Å². The van der Waals surface area contributed by atoms with E-state index >= 15 is 0 Å². The lowest BCUT2D eigenvalue weighted by molar-refractivity contribution is -0.141. The molecule has 0 radical (unpaired) electrons. The van der Waals surface area contributed by atoms with Crippen molar-refractivity contribution in [2.45, 2.75) is 32.6 Å². The minimum Gasteiger partial charge on any atom is -0.310 e. The topological polar surface area (TPSA) is 42.7 Å². The van der Waals surface area contributed by atoms with Gasteiger partial charge in [0.15, 0.2) is 11.5 Å². The number of pyridine rings is 1. The molecule has 0 aliphatic rings. The van der Waals surface area contributed by atoms with Gasteiger partial charge >= 0.3 is 6.18 Å². The van der Waals surface area contributed by atoms with Crippen LogP contribution < -0.4 is 5.32 Å². The first-order chi connectivity index (χ1) is 9.36. The predicted octanol–water partition coefficient (Wildman–Crippen LogP) is 2.78. The van der Waals surface area contributed by atoms with Crippen LogP contribution in [0.15, 0.2) is 30.6 Å². The number of nitrogens with one attached hydrogen (secondary N) is 1. The number of aromatic nitrogens is 3. The van der Waals surface area contributed by atoms with E-state index in [2.05, 4.69) is 15.4 Å². The van der Waals surface area contributed by atoms with Crippen molar-refractivity contribution in [2.75, 3.05) is 0 Å². The van der Waals surface area contributed by atoms with E-state index in [0.717, 1.165) is 16.3 Å². The minimum absolute atomic E-state index is 0.327. The number of halogens is 3. The van der Waals surface area contributed by atoms with Gasteiger partial charge in [-0.3, -0.25) is 0 Å². The molecule has 0 aromatic carbocycles. The molecule has 2 rings (SSSR count). The quantitative estimate of drug-likeness (QED) is 0.938. The van der Waals surface area contributed by atoms with Crippen molar-refractivity contribution < 1.29 is 13.2 Å². The summed E-state index contributed by atoms with van der Waals surface area (Å²) in [5, 5.41) is 6.73. The molecule has 0 saturated carbocycles. The first-order valence-corrected chi connectivity index (χ1v) is 6.18. The van der Waals surface area contributed by atoms with Crippen LogP contribution in [0, 0.1) is 0 Å². The third kappa shape index (κ3) is 3.57. The minimum atomic E-state index is -4.44. The SMILES string of the molecule is CC(C)NCc1ccnc(-n2ccc(C(F)(F)F)n2)c1. The summed E-state index contributed by atoms with van der Waals surface area (Å²) in [7, 11) is 0. The molecule has 0 spiro atoms. The lowest BCUT2D eigenvalue weighted by atomic mass is 10.2. The Morgan fingerprint density at radius 3 is 2.65 bits per heavy atom. The normalized spacial score (nSPS) is 12.1. The smallest absolute Gasteiger partial charge is 0.310 e. The lowest BCUT2D eigenvalue weighted by Crippen LogP contribution is -2.21. The Kier molecular flexibility index (Phi) is 4.08. The molecule has 7 heteroatoms. The maximum Gasteiger partial charge on any atom is 0.435 e. The van der Waals surface area contributed by atoms with E-state index in [4.69, 9.17) is 0 Å². The molecule has 1 N–H and O–H groups in total. The van der Waals surface area contributed by atoms with Crippen molar-refractivity contribution in [1.82, 2.24) is 20.1 Å². The van der Waals surface area contributed by atoms with Crippen molar-refractivity contribution in [3.63, 3.8) is 0 Å². The van der Waals surface area contributed by atoms with Crippen LogP contribution >= 0.6 is 0 Å². The van der Waals surface area contributed by atoms with Crippen LogP contribution in [-0.4, -0.2) is 20.8 Å². The second kappa shape index (κ2) is 5.62. The van der Waals surface area contributed by atoms with Gasteiger partial charge in [0.1, 0.15) is 0 Å². The number of alkyl halides is 3. The van der Waals surface area contributed by atoms with Crippen LogP contribution in [0.1, 0.15) is 25.1 Å². The summed E-state index contributed by atoms with van der Waals surface area (Å²) in [5.74, 6) is 0.364. The largest absolute Gasteiger partial charge is 0.435 e. The highest BCUT2D eigenvalue weighted by Gasteiger charge is 2.33. The molecule has 2 aromatic rings. The molecule has 4 nitrogen and oxygen atoms in total. The average molecular weight is 284 g/mol. The van der Waals surface area contributed by atoms with Gasteiger partial charge in [-0.15, -0.1) is 0 Å². The van der Waals surface area contributed by atoms with E-state index in [0.29, 0.717) is 18.4 Å². The van der Waals surface area contributed by atoms with Crippen molar-refractivity contribution in [2.24, 2.45) is 0 Å². The van der Waals surface area contributed by atoms with Gasteiger partial charge in [-0.25, -0.2) is 9.67 Å². The van der Waals surface area contributed by atoms with Gasteiger partial charge < -0.3 is 5.32 Å². The highest BCUT2D eigenvalue weighted by Crippen LogP contribution is 2.27. The average Bonchev–Trinajstić information content (AvgIpc) is 2.86. The summed E-state index contributed by atoms with van der Waals surface area (Å²) in [6, 6.07) is 4.78. The van der Waals surface area contributed by atoms with Gasteiger partial charge in [-0.05, 0) is 23.8 Å². The number of hydrogen-bond acceptors (Lipinski definition) is 3. The lowest BCUT2D eigenvalue weighted by Gasteiger charge is -2.09. The van der Waals surface area contributed by atoms with Gasteiger partial charge in [-0.1, -0.05) is 13.8 Å². The number of hydrogen-bond donors (Lipinski definition) is 1. The Labute approximate surface area is 114 Å². The van der Waals surface area contributed by atoms with E-state index in [1.54, 1.807) is 12.3 Å². The number of nitrogens with zero attached hydrogens (tertiary/aromatic N) is 3. The Morgan fingerprint density at radius 1 is 1.30 bits per heavy atom. The maximum absolute atomic E-state index is 12.5. The zero-order valence-corrected chi connectivity index (χ0v) is 11.1. The molecule has 0 fully saturated rings. The van der Waals surface area contributed by atoms with Gasteiger partial charge in [0, 0.05) is 25.0 Å². The first-order valence-electron chi connectivity index (χ1n) is 6.18. The van der Waals surface area contributed by atoms with Crippen molar-refractivity contribution in [3.05, 3.63) is 41.9 Å². The van der Waals surface area contributed by atoms with Gasteiger partial charge in [-0.2, -0.15) is 18.3 Å². The van der Waals surface area contributed by atoms with Crippen LogP contribution in [0.4, 0.5) is 13.2 Å². The molecule has 108 valence electrons. The van der Waals surface area contributed by atoms with Gasteiger partial charge in [0.05, 0.1) is 0 Å². The Balaban J connectivity index is 2.20. The molecule has 2 heterocycles. The monoisotopic (exact) mass is 284 g/mol. The van der Waals surface area contributed by atoms with Gasteiger partial charge in [0.2, 0.25) is 0 Å². The van der Waals surface area contributed by atoms with Crippen LogP contribution in [0.3, 0.4) is 0 Å². The third-order valence-corrected chi connectivity index (χ3v) is 2.64. The molecule has 0 unspecified atom stereocenters. The maximum atomic E-state index is 12.5. The summed E-state index contributed by atoms with van der Waals surface area (Å²) < 4.78 is 38.6. The number of rotatable bonds is 4. The molecule has 0 aliphatic heterocycles. The van der Waals surface area contributed by atoms with E-state index in [-0.39, 0.29) is 0 Å². The van der Waals surface area contributed by atoms with E-state index in [1.807, 2.05) is 19.9 Å².